The molecule has 0 aromatic carbocycles. The number of rotatable bonds is 43. The van der Waals surface area contributed by atoms with Crippen LogP contribution in [0.5, 0.6) is 0 Å². The van der Waals surface area contributed by atoms with Crippen molar-refractivity contribution in [3.63, 3.8) is 0 Å². The van der Waals surface area contributed by atoms with Crippen LogP contribution in [-0.2, 0) is 33.3 Å². The molecule has 2 atom stereocenters. The van der Waals surface area contributed by atoms with E-state index in [1.165, 1.54) is 12.8 Å². The predicted molar refractivity (Wildman–Crippen MR) is 260 cm³/mol. The van der Waals surface area contributed by atoms with Crippen molar-refractivity contribution in [2.45, 2.75) is 180 Å². The Bertz CT molecular complexity index is 1350. The summed E-state index contributed by atoms with van der Waals surface area (Å²) >= 11 is 0. The summed E-state index contributed by atoms with van der Waals surface area (Å²) in [6, 6.07) is 0. The van der Waals surface area contributed by atoms with Crippen molar-refractivity contribution >= 4 is 17.9 Å². The SMILES string of the molecule is CC/C=C\C/C=C\C/C=C\C/C=C\C/C=C\C/C=C\C/C=C\CCCCCCCC(=O)OC(COC(=O)CCCCCCC/C=C\CCCC)COC(OCC[N+](C)(C)C)C(=O)[O-]. The molecule has 0 fully saturated rings. The number of nitrogens with zero attached hydrogens (tertiary/aromatic N) is 1. The van der Waals surface area contributed by atoms with E-state index in [1.54, 1.807) is 0 Å². The number of hydrogen-bond donors (Lipinski definition) is 0. The van der Waals surface area contributed by atoms with Crippen molar-refractivity contribution in [3.05, 3.63) is 97.2 Å². The zero-order valence-corrected chi connectivity index (χ0v) is 40.4. The Morgan fingerprint density at radius 2 is 0.905 bits per heavy atom. The molecule has 0 saturated carbocycles. The first-order valence-corrected chi connectivity index (χ1v) is 24.4. The van der Waals surface area contributed by atoms with E-state index in [4.69, 9.17) is 18.9 Å². The van der Waals surface area contributed by atoms with Crippen LogP contribution in [0.2, 0.25) is 0 Å². The normalized spacial score (nSPS) is 13.7. The monoisotopic (exact) mass is 880 g/mol. The zero-order valence-electron chi connectivity index (χ0n) is 40.4. The molecule has 0 aliphatic carbocycles. The van der Waals surface area contributed by atoms with Crippen molar-refractivity contribution in [2.24, 2.45) is 0 Å². The highest BCUT2D eigenvalue weighted by Gasteiger charge is 2.21. The molecular formula is C54H89NO8. The minimum Gasteiger partial charge on any atom is -0.545 e. The minimum absolute atomic E-state index is 0.137. The van der Waals surface area contributed by atoms with Gasteiger partial charge in [-0.05, 0) is 89.9 Å². The summed E-state index contributed by atoms with van der Waals surface area (Å²) in [4.78, 5) is 37.0. The van der Waals surface area contributed by atoms with E-state index < -0.39 is 24.3 Å². The van der Waals surface area contributed by atoms with Crippen LogP contribution in [-0.4, -0.2) is 82.3 Å². The van der Waals surface area contributed by atoms with Gasteiger partial charge in [-0.15, -0.1) is 0 Å². The van der Waals surface area contributed by atoms with E-state index in [0.29, 0.717) is 17.4 Å². The second kappa shape index (κ2) is 44.8. The van der Waals surface area contributed by atoms with Crippen LogP contribution in [0.3, 0.4) is 0 Å². The average Bonchev–Trinajstić information content (AvgIpc) is 3.24. The summed E-state index contributed by atoms with van der Waals surface area (Å²) in [5.41, 5.74) is 0. The molecule has 0 N–H and O–H groups in total. The lowest BCUT2D eigenvalue weighted by Gasteiger charge is -2.26. The van der Waals surface area contributed by atoms with E-state index in [-0.39, 0.29) is 38.6 Å². The van der Waals surface area contributed by atoms with Crippen molar-refractivity contribution in [3.8, 4) is 0 Å². The molecule has 9 heteroatoms. The molecule has 0 spiro atoms. The Morgan fingerprint density at radius 1 is 0.492 bits per heavy atom. The fourth-order valence-corrected chi connectivity index (χ4v) is 6.02. The van der Waals surface area contributed by atoms with E-state index in [1.807, 2.05) is 21.1 Å². The summed E-state index contributed by atoms with van der Waals surface area (Å²) in [5, 5.41) is 11.7. The lowest BCUT2D eigenvalue weighted by atomic mass is 10.1. The molecule has 0 aliphatic heterocycles. The second-order valence-corrected chi connectivity index (χ2v) is 17.0. The number of carboxylic acid groups (broad SMARTS) is 1. The average molecular weight is 880 g/mol. The van der Waals surface area contributed by atoms with Crippen LogP contribution in [0, 0.1) is 0 Å². The third-order valence-corrected chi connectivity index (χ3v) is 9.82. The van der Waals surface area contributed by atoms with Gasteiger partial charge < -0.3 is 33.3 Å². The second-order valence-electron chi connectivity index (χ2n) is 17.0. The highest BCUT2D eigenvalue weighted by atomic mass is 16.7. The van der Waals surface area contributed by atoms with Gasteiger partial charge in [0, 0.05) is 12.8 Å². The van der Waals surface area contributed by atoms with Crippen molar-refractivity contribution in [1.82, 2.24) is 0 Å². The van der Waals surface area contributed by atoms with Gasteiger partial charge in [-0.2, -0.15) is 0 Å². The van der Waals surface area contributed by atoms with Crippen molar-refractivity contribution < 1.29 is 42.9 Å². The van der Waals surface area contributed by atoms with Crippen molar-refractivity contribution in [1.29, 1.82) is 0 Å². The molecule has 9 nitrogen and oxygen atoms in total. The van der Waals surface area contributed by atoms with Crippen molar-refractivity contribution in [2.75, 3.05) is 47.5 Å². The third-order valence-electron chi connectivity index (χ3n) is 9.82. The number of carbonyl (C=O) groups excluding carboxylic acids is 3. The van der Waals surface area contributed by atoms with Crippen LogP contribution >= 0.6 is 0 Å². The van der Waals surface area contributed by atoms with Gasteiger partial charge >= 0.3 is 11.9 Å². The molecule has 358 valence electrons. The Balaban J connectivity index is 4.38. The van der Waals surface area contributed by atoms with E-state index in [2.05, 4.69) is 111 Å². The maximum absolute atomic E-state index is 12.8. The van der Waals surface area contributed by atoms with Gasteiger partial charge in [-0.1, -0.05) is 162 Å². The molecule has 0 aliphatic rings. The Kier molecular flexibility index (Phi) is 42.1. The highest BCUT2D eigenvalue weighted by molar-refractivity contribution is 5.70. The van der Waals surface area contributed by atoms with Crippen LogP contribution in [0.25, 0.3) is 0 Å². The fourth-order valence-electron chi connectivity index (χ4n) is 6.02. The van der Waals surface area contributed by atoms with Gasteiger partial charge in [0.05, 0.1) is 40.3 Å². The molecule has 0 amide bonds. The number of likely N-dealkylation sites (N-methyl/N-ethyl adjacent to an activating group) is 1. The standard InChI is InChI=1S/C54H89NO8/c1-6-8-10-12-14-16-18-19-20-21-22-23-24-25-26-27-28-29-30-31-32-33-35-37-39-41-43-45-52(57)63-50(49-62-54(53(58)59)60-47-46-55(3,4)5)48-61-51(56)44-42-40-38-36-34-17-15-13-11-9-7-2/h8,10,13-16,19-20,22-23,25-26,28-29,31-32,50,54H,6-7,9,11-12,17-18,21,24,27,30,33-49H2,1-5H3/b10-8-,15-13-,16-14-,20-19-,23-22-,26-25-,29-28-,32-31-. The quantitative estimate of drug-likeness (QED) is 0.0196. The lowest BCUT2D eigenvalue weighted by Crippen LogP contribution is -2.44. The largest absolute Gasteiger partial charge is 0.545 e. The van der Waals surface area contributed by atoms with Gasteiger partial charge in [-0.25, -0.2) is 0 Å². The summed E-state index contributed by atoms with van der Waals surface area (Å²) in [5.74, 6) is -2.34. The zero-order chi connectivity index (χ0) is 46.3. The maximum atomic E-state index is 12.8. The maximum Gasteiger partial charge on any atom is 0.306 e. The first kappa shape index (κ1) is 59.2. The molecule has 0 aromatic rings. The molecule has 0 aromatic heterocycles. The van der Waals surface area contributed by atoms with E-state index in [9.17, 15) is 19.5 Å². The Hall–Kier alpha value is -3.79. The predicted octanol–water partition coefficient (Wildman–Crippen LogP) is 12.1. The fraction of sp³-hybridized carbons (Fsp3) is 0.648. The molecule has 0 rings (SSSR count). The number of hydrogen-bond acceptors (Lipinski definition) is 8. The van der Waals surface area contributed by atoms with E-state index in [0.717, 1.165) is 122 Å². The number of carboxylic acids is 1. The molecule has 63 heavy (non-hydrogen) atoms. The molecule has 2 unspecified atom stereocenters. The van der Waals surface area contributed by atoms with Crippen LogP contribution in [0.1, 0.15) is 168 Å². The molecule has 0 heterocycles. The summed E-state index contributed by atoms with van der Waals surface area (Å²) < 4.78 is 22.5. The van der Waals surface area contributed by atoms with Gasteiger partial charge in [0.25, 0.3) is 0 Å². The first-order chi connectivity index (χ1) is 30.6. The highest BCUT2D eigenvalue weighted by Crippen LogP contribution is 2.12. The molecule has 0 radical (unpaired) electrons. The number of esters is 2. The third kappa shape index (κ3) is 46.0. The molecule has 0 bridgehead atoms. The summed E-state index contributed by atoms with van der Waals surface area (Å²) in [6.07, 6.45) is 55.9. The number of ether oxygens (including phenoxy) is 4. The van der Waals surface area contributed by atoms with Crippen LogP contribution in [0.4, 0.5) is 0 Å². The number of aliphatic carboxylic acids is 1. The van der Waals surface area contributed by atoms with Gasteiger partial charge in [0.2, 0.25) is 0 Å². The number of carbonyl (C=O) groups is 3. The summed E-state index contributed by atoms with van der Waals surface area (Å²) in [6.45, 7) is 4.52. The smallest absolute Gasteiger partial charge is 0.306 e. The Labute approximate surface area is 384 Å². The van der Waals surface area contributed by atoms with Gasteiger partial charge in [-0.3, -0.25) is 9.59 Å². The minimum atomic E-state index is -1.63. The lowest BCUT2D eigenvalue weighted by molar-refractivity contribution is -0.870. The van der Waals surface area contributed by atoms with Crippen LogP contribution in [0.15, 0.2) is 97.2 Å². The first-order valence-electron chi connectivity index (χ1n) is 24.4. The molecular weight excluding hydrogens is 791 g/mol. The van der Waals surface area contributed by atoms with Gasteiger partial charge in [0.1, 0.15) is 13.2 Å². The molecule has 0 saturated heterocycles. The number of unbranched alkanes of at least 4 members (excludes halogenated alkanes) is 12. The number of quaternary nitrogens is 1. The summed E-state index contributed by atoms with van der Waals surface area (Å²) in [7, 11) is 5.89. The van der Waals surface area contributed by atoms with Crippen LogP contribution < -0.4 is 5.11 Å². The number of allylic oxidation sites excluding steroid dienone is 16. The van der Waals surface area contributed by atoms with E-state index >= 15 is 0 Å². The Morgan fingerprint density at radius 3 is 1.37 bits per heavy atom. The van der Waals surface area contributed by atoms with Gasteiger partial charge in [0.15, 0.2) is 12.4 Å². The topological polar surface area (TPSA) is 111 Å².